The molecule has 1 atom stereocenters. The van der Waals surface area contributed by atoms with E-state index in [4.69, 9.17) is 0 Å². The molecule has 0 aromatic heterocycles. The van der Waals surface area contributed by atoms with Crippen LogP contribution in [0.15, 0.2) is 29.3 Å². The highest BCUT2D eigenvalue weighted by Crippen LogP contribution is 2.21. The third kappa shape index (κ3) is 9.41. The fourth-order valence-electron chi connectivity index (χ4n) is 3.53. The zero-order valence-corrected chi connectivity index (χ0v) is 19.4. The molecule has 2 rings (SSSR count). The number of phenolic OH excluding ortho intramolecular Hbond substituents is 1. The summed E-state index contributed by atoms with van der Waals surface area (Å²) < 4.78 is 38.0. The summed E-state index contributed by atoms with van der Waals surface area (Å²) in [5, 5.41) is 12.8. The lowest BCUT2D eigenvalue weighted by Crippen LogP contribution is -2.42. The van der Waals surface area contributed by atoms with Gasteiger partial charge in [-0.15, -0.1) is 24.0 Å². The number of hydrogen-bond donors (Lipinski definition) is 2. The van der Waals surface area contributed by atoms with Crippen LogP contribution in [-0.4, -0.2) is 72.9 Å². The topological polar surface area (TPSA) is 51.1 Å². The number of benzene rings is 1. The molecule has 9 heteroatoms. The number of rotatable bonds is 8. The van der Waals surface area contributed by atoms with Crippen LogP contribution < -0.4 is 5.32 Å². The van der Waals surface area contributed by atoms with E-state index in [1.807, 2.05) is 19.1 Å². The highest BCUT2D eigenvalue weighted by atomic mass is 127. The van der Waals surface area contributed by atoms with Crippen LogP contribution in [0, 0.1) is 5.92 Å². The maximum atomic E-state index is 12.7. The van der Waals surface area contributed by atoms with Crippen LogP contribution >= 0.6 is 24.0 Å². The maximum absolute atomic E-state index is 12.7. The summed E-state index contributed by atoms with van der Waals surface area (Å²) in [6, 6.07) is 7.13. The van der Waals surface area contributed by atoms with Gasteiger partial charge in [0.05, 0.1) is 6.54 Å². The molecule has 5 nitrogen and oxygen atoms in total. The first kappa shape index (κ1) is 25.8. The van der Waals surface area contributed by atoms with Crippen LogP contribution in [0.3, 0.4) is 0 Å². The van der Waals surface area contributed by atoms with E-state index >= 15 is 0 Å². The Labute approximate surface area is 188 Å². The van der Waals surface area contributed by atoms with Gasteiger partial charge in [0.1, 0.15) is 5.75 Å². The van der Waals surface area contributed by atoms with Crippen molar-refractivity contribution in [2.75, 3.05) is 45.8 Å². The monoisotopic (exact) mass is 528 g/mol. The second-order valence-electron chi connectivity index (χ2n) is 7.20. The molecule has 0 saturated carbocycles. The molecule has 0 bridgehead atoms. The first-order chi connectivity index (χ1) is 13.3. The second kappa shape index (κ2) is 12.5. The number of phenols is 1. The molecule has 29 heavy (non-hydrogen) atoms. The highest BCUT2D eigenvalue weighted by molar-refractivity contribution is 14.0. The number of nitrogens with one attached hydrogen (secondary N) is 1. The molecule has 166 valence electrons. The second-order valence-corrected chi connectivity index (χ2v) is 7.20. The Morgan fingerprint density at radius 3 is 2.72 bits per heavy atom. The number of halogens is 4. The minimum absolute atomic E-state index is 0. The van der Waals surface area contributed by atoms with Gasteiger partial charge in [-0.1, -0.05) is 19.1 Å². The van der Waals surface area contributed by atoms with E-state index in [-0.39, 0.29) is 35.6 Å². The van der Waals surface area contributed by atoms with E-state index in [1.165, 1.54) is 4.90 Å². The van der Waals surface area contributed by atoms with Gasteiger partial charge in [-0.05, 0) is 49.9 Å². The lowest BCUT2D eigenvalue weighted by Gasteiger charge is -2.26. The normalized spacial score (nSPS) is 17.5. The Morgan fingerprint density at radius 2 is 2.10 bits per heavy atom. The molecule has 0 aliphatic carbocycles. The first-order valence-electron chi connectivity index (χ1n) is 9.91. The third-order valence-corrected chi connectivity index (χ3v) is 4.86. The van der Waals surface area contributed by atoms with E-state index in [1.54, 1.807) is 19.1 Å². The van der Waals surface area contributed by atoms with E-state index < -0.39 is 12.7 Å². The van der Waals surface area contributed by atoms with Crippen LogP contribution in [0.2, 0.25) is 0 Å². The Kier molecular flexibility index (Phi) is 11.1. The van der Waals surface area contributed by atoms with Crippen LogP contribution in [0.1, 0.15) is 25.8 Å². The average Bonchev–Trinajstić information content (AvgIpc) is 3.07. The zero-order valence-electron chi connectivity index (χ0n) is 17.1. The number of likely N-dealkylation sites (tertiary alicyclic amines) is 1. The van der Waals surface area contributed by atoms with Gasteiger partial charge in [-0.3, -0.25) is 9.89 Å². The van der Waals surface area contributed by atoms with Gasteiger partial charge >= 0.3 is 6.18 Å². The number of alkyl halides is 3. The number of hydrogen-bond acceptors (Lipinski definition) is 3. The predicted molar refractivity (Wildman–Crippen MR) is 121 cm³/mol. The quantitative estimate of drug-likeness (QED) is 0.307. The fourth-order valence-corrected chi connectivity index (χ4v) is 3.53. The van der Waals surface area contributed by atoms with Crippen molar-refractivity contribution in [2.24, 2.45) is 10.9 Å². The minimum Gasteiger partial charge on any atom is -0.508 e. The lowest BCUT2D eigenvalue weighted by atomic mass is 10.1. The largest absolute Gasteiger partial charge is 0.508 e. The van der Waals surface area contributed by atoms with E-state index in [0.717, 1.165) is 37.5 Å². The van der Waals surface area contributed by atoms with E-state index in [0.29, 0.717) is 26.2 Å². The van der Waals surface area contributed by atoms with Crippen molar-refractivity contribution in [1.82, 2.24) is 15.1 Å². The van der Waals surface area contributed by atoms with Crippen molar-refractivity contribution in [1.29, 1.82) is 0 Å². The van der Waals surface area contributed by atoms with Crippen LogP contribution in [-0.2, 0) is 6.42 Å². The van der Waals surface area contributed by atoms with Gasteiger partial charge in [0, 0.05) is 32.7 Å². The van der Waals surface area contributed by atoms with Gasteiger partial charge in [0.15, 0.2) is 5.96 Å². The molecular weight excluding hydrogens is 496 g/mol. The summed E-state index contributed by atoms with van der Waals surface area (Å²) in [7, 11) is 0. The number of guanidine groups is 1. The number of aromatic hydroxyl groups is 1. The summed E-state index contributed by atoms with van der Waals surface area (Å²) >= 11 is 0. The molecule has 1 heterocycles. The predicted octanol–water partition coefficient (Wildman–Crippen LogP) is 3.72. The molecule has 2 N–H and O–H groups in total. The molecule has 0 amide bonds. The van der Waals surface area contributed by atoms with Gasteiger partial charge in [-0.2, -0.15) is 13.2 Å². The molecule has 1 unspecified atom stereocenters. The summed E-state index contributed by atoms with van der Waals surface area (Å²) in [5.41, 5.74) is 1.02. The van der Waals surface area contributed by atoms with Gasteiger partial charge in [-0.25, -0.2) is 0 Å². The van der Waals surface area contributed by atoms with Crippen LogP contribution in [0.5, 0.6) is 5.75 Å². The molecule has 0 radical (unpaired) electrons. The summed E-state index contributed by atoms with van der Waals surface area (Å²) in [6.45, 7) is 6.61. The van der Waals surface area contributed by atoms with Crippen molar-refractivity contribution in [2.45, 2.75) is 32.9 Å². The van der Waals surface area contributed by atoms with Crippen LogP contribution in [0.4, 0.5) is 13.2 Å². The molecule has 1 fully saturated rings. The third-order valence-electron chi connectivity index (χ3n) is 4.86. The Balaban J connectivity index is 0.00000420. The maximum Gasteiger partial charge on any atom is 0.401 e. The SMILES string of the molecule is CCNC(=NCCc1cccc(O)c1)N1CCC(CN(CC)CC(F)(F)F)C1.I. The minimum atomic E-state index is -4.16. The van der Waals surface area contributed by atoms with Crippen molar-refractivity contribution in [3.63, 3.8) is 0 Å². The molecule has 0 spiro atoms. The van der Waals surface area contributed by atoms with Crippen molar-refractivity contribution < 1.29 is 18.3 Å². The molecule has 1 aliphatic heterocycles. The van der Waals surface area contributed by atoms with Crippen molar-refractivity contribution in [3.8, 4) is 5.75 Å². The average molecular weight is 528 g/mol. The zero-order chi connectivity index (χ0) is 20.6. The Bertz CT molecular complexity index is 642. The highest BCUT2D eigenvalue weighted by Gasteiger charge is 2.32. The fraction of sp³-hybridized carbons (Fsp3) is 0.650. The van der Waals surface area contributed by atoms with Crippen molar-refractivity contribution in [3.05, 3.63) is 29.8 Å². The van der Waals surface area contributed by atoms with Gasteiger partial charge in [0.25, 0.3) is 0 Å². The van der Waals surface area contributed by atoms with Crippen molar-refractivity contribution >= 4 is 29.9 Å². The molecule has 1 aromatic carbocycles. The van der Waals surface area contributed by atoms with E-state index in [9.17, 15) is 18.3 Å². The first-order valence-corrected chi connectivity index (χ1v) is 9.91. The Hall–Kier alpha value is -1.23. The van der Waals surface area contributed by atoms with E-state index in [2.05, 4.69) is 15.2 Å². The molecule has 1 aliphatic rings. The molecule has 1 aromatic rings. The summed E-state index contributed by atoms with van der Waals surface area (Å²) in [6.07, 6.45) is -2.57. The molecular formula is C20H32F3IN4O. The van der Waals surface area contributed by atoms with Gasteiger partial charge in [0.2, 0.25) is 0 Å². The smallest absolute Gasteiger partial charge is 0.401 e. The molecule has 1 saturated heterocycles. The lowest BCUT2D eigenvalue weighted by molar-refractivity contribution is -0.146. The number of aliphatic imine (C=N–C) groups is 1. The standard InChI is InChI=1S/C20H31F3N4O.HI/c1-3-24-19(25-10-8-16-6-5-7-18(28)12-16)27-11-9-17(14-27)13-26(4-2)15-20(21,22)23;/h5-7,12,17,28H,3-4,8-11,13-15H2,1-2H3,(H,24,25);1H. The van der Waals surface area contributed by atoms with Crippen LogP contribution in [0.25, 0.3) is 0 Å². The number of nitrogens with zero attached hydrogens (tertiary/aromatic N) is 3. The van der Waals surface area contributed by atoms with Gasteiger partial charge < -0.3 is 15.3 Å². The summed E-state index contributed by atoms with van der Waals surface area (Å²) in [5.74, 6) is 1.26. The summed E-state index contributed by atoms with van der Waals surface area (Å²) in [4.78, 5) is 8.28. The Morgan fingerprint density at radius 1 is 1.34 bits per heavy atom.